The zero-order chi connectivity index (χ0) is 21.8. The lowest BCUT2D eigenvalue weighted by atomic mass is 9.93. The number of rotatable bonds is 5. The first-order chi connectivity index (χ1) is 15.0. The van der Waals surface area contributed by atoms with Gasteiger partial charge in [-0.25, -0.2) is 14.7 Å². The fourth-order valence-corrected chi connectivity index (χ4v) is 4.51. The minimum atomic E-state index is -0.224. The summed E-state index contributed by atoms with van der Waals surface area (Å²) < 4.78 is 0. The van der Waals surface area contributed by atoms with Crippen LogP contribution in [0.2, 0.25) is 0 Å². The average molecular weight is 422 g/mol. The van der Waals surface area contributed by atoms with Crippen LogP contribution >= 0.6 is 0 Å². The maximum Gasteiger partial charge on any atom is 0.330 e. The number of piperidine rings is 1. The van der Waals surface area contributed by atoms with Crippen LogP contribution in [0.4, 0.5) is 22.0 Å². The van der Waals surface area contributed by atoms with Gasteiger partial charge >= 0.3 is 6.03 Å². The van der Waals surface area contributed by atoms with Gasteiger partial charge in [0, 0.05) is 19.3 Å². The van der Waals surface area contributed by atoms with E-state index in [0.29, 0.717) is 28.7 Å². The smallest absolute Gasteiger partial charge is 0.324 e. The predicted octanol–water partition coefficient (Wildman–Crippen LogP) is 4.35. The number of nitrogens with one attached hydrogen (secondary N) is 1. The molecule has 4 rings (SSSR count). The van der Waals surface area contributed by atoms with Crippen molar-refractivity contribution < 1.29 is 9.59 Å². The number of anilines is 3. The largest absolute Gasteiger partial charge is 0.330 e. The Kier molecular flexibility index (Phi) is 6.51. The minimum Gasteiger partial charge on any atom is -0.324 e. The summed E-state index contributed by atoms with van der Waals surface area (Å²) in [6.07, 6.45) is 7.33. The lowest BCUT2D eigenvalue weighted by Gasteiger charge is -2.36. The number of fused-ring (bicyclic) bond motifs is 2. The first-order valence-electron chi connectivity index (χ1n) is 11.1. The Balaban J connectivity index is 1.56. The van der Waals surface area contributed by atoms with Crippen molar-refractivity contribution in [1.29, 1.82) is 0 Å². The van der Waals surface area contributed by atoms with Crippen LogP contribution in [-0.4, -0.2) is 60.5 Å². The van der Waals surface area contributed by atoms with E-state index in [1.54, 1.807) is 29.3 Å². The Morgan fingerprint density at radius 2 is 2.03 bits per heavy atom. The van der Waals surface area contributed by atoms with Crippen LogP contribution in [0.15, 0.2) is 42.6 Å². The molecule has 1 unspecified atom stereocenters. The lowest BCUT2D eigenvalue weighted by molar-refractivity contribution is 0.102. The fourth-order valence-electron chi connectivity index (χ4n) is 4.51. The Labute approximate surface area is 184 Å². The molecule has 0 saturated carbocycles. The second-order valence-corrected chi connectivity index (χ2v) is 8.72. The number of amides is 3. The summed E-state index contributed by atoms with van der Waals surface area (Å²) in [6, 6.07) is 10.7. The number of pyridine rings is 1. The highest BCUT2D eigenvalue weighted by Gasteiger charge is 2.34. The lowest BCUT2D eigenvalue weighted by Crippen LogP contribution is -2.46. The number of urea groups is 1. The number of carbonyl (C=O) groups excluding carboxylic acids is 2. The molecule has 3 amide bonds. The van der Waals surface area contributed by atoms with E-state index in [4.69, 9.17) is 0 Å². The maximum absolute atomic E-state index is 13.8. The molecule has 0 bridgehead atoms. The topological polar surface area (TPSA) is 68.8 Å². The molecule has 1 atom stereocenters. The molecule has 0 spiro atoms. The van der Waals surface area contributed by atoms with Gasteiger partial charge in [-0.05, 0) is 76.5 Å². The van der Waals surface area contributed by atoms with Crippen LogP contribution in [0.1, 0.15) is 42.5 Å². The van der Waals surface area contributed by atoms with Gasteiger partial charge in [-0.15, -0.1) is 0 Å². The van der Waals surface area contributed by atoms with Gasteiger partial charge in [0.1, 0.15) is 0 Å². The molecule has 0 aliphatic carbocycles. The fraction of sp³-hybridized carbons (Fsp3) is 0.458. The number of likely N-dealkylation sites (tertiary alicyclic amines) is 1. The molecule has 1 aromatic heterocycles. The number of benzene rings is 1. The van der Waals surface area contributed by atoms with Gasteiger partial charge in [-0.3, -0.25) is 4.79 Å². The van der Waals surface area contributed by atoms with Crippen LogP contribution in [0.5, 0.6) is 0 Å². The van der Waals surface area contributed by atoms with Crippen LogP contribution in [-0.2, 0) is 0 Å². The molecule has 2 aromatic rings. The van der Waals surface area contributed by atoms with Gasteiger partial charge in [0.2, 0.25) is 0 Å². The highest BCUT2D eigenvalue weighted by Crippen LogP contribution is 2.37. The summed E-state index contributed by atoms with van der Waals surface area (Å²) in [4.78, 5) is 36.8. The van der Waals surface area contributed by atoms with E-state index in [9.17, 15) is 9.59 Å². The highest BCUT2D eigenvalue weighted by molar-refractivity contribution is 6.16. The normalized spacial score (nSPS) is 18.3. The molecule has 164 valence electrons. The number of nitrogens with zero attached hydrogens (tertiary/aromatic N) is 4. The quantitative estimate of drug-likeness (QED) is 0.729. The summed E-state index contributed by atoms with van der Waals surface area (Å²) in [6.45, 7) is 2.58. The van der Waals surface area contributed by atoms with Gasteiger partial charge in [0.05, 0.1) is 16.9 Å². The second kappa shape index (κ2) is 9.47. The zero-order valence-electron chi connectivity index (χ0n) is 18.4. The number of hydrogen-bond acceptors (Lipinski definition) is 4. The zero-order valence-corrected chi connectivity index (χ0v) is 18.4. The molecular weight excluding hydrogens is 390 g/mol. The van der Waals surface area contributed by atoms with E-state index in [-0.39, 0.29) is 11.9 Å². The molecule has 1 N–H and O–H groups in total. The Morgan fingerprint density at radius 1 is 1.19 bits per heavy atom. The SMILES string of the molecule is CN(C)CCCCC1CCCN(C(=O)N2c3ccccc3C(=O)Nc3cccnc32)C1. The van der Waals surface area contributed by atoms with Gasteiger partial charge in [-0.2, -0.15) is 0 Å². The van der Waals surface area contributed by atoms with E-state index < -0.39 is 0 Å². The third kappa shape index (κ3) is 4.71. The Morgan fingerprint density at radius 3 is 2.87 bits per heavy atom. The van der Waals surface area contributed by atoms with E-state index >= 15 is 0 Å². The summed E-state index contributed by atoms with van der Waals surface area (Å²) in [5, 5.41) is 2.90. The number of carbonyl (C=O) groups is 2. The number of para-hydroxylation sites is 1. The molecule has 31 heavy (non-hydrogen) atoms. The van der Waals surface area contributed by atoms with E-state index in [2.05, 4.69) is 29.3 Å². The summed E-state index contributed by atoms with van der Waals surface area (Å²) in [5.41, 5.74) is 1.61. The van der Waals surface area contributed by atoms with Crippen molar-refractivity contribution in [2.75, 3.05) is 43.9 Å². The van der Waals surface area contributed by atoms with E-state index in [1.807, 2.05) is 23.1 Å². The summed E-state index contributed by atoms with van der Waals surface area (Å²) >= 11 is 0. The van der Waals surface area contributed by atoms with Crippen molar-refractivity contribution in [2.24, 2.45) is 5.92 Å². The van der Waals surface area contributed by atoms with E-state index in [0.717, 1.165) is 38.9 Å². The van der Waals surface area contributed by atoms with Crippen LogP contribution in [0, 0.1) is 5.92 Å². The standard InChI is InChI=1S/C24H31N5O2/c1-27(2)15-6-5-9-18-10-8-16-28(17-18)24(31)29-21-13-4-3-11-19(21)23(30)26-20-12-7-14-25-22(20)29/h3-4,7,11-14,18H,5-6,8-10,15-17H2,1-2H3,(H,26,30). The third-order valence-corrected chi connectivity index (χ3v) is 6.08. The molecule has 1 saturated heterocycles. The van der Waals surface area contributed by atoms with Crippen LogP contribution in [0.3, 0.4) is 0 Å². The predicted molar refractivity (Wildman–Crippen MR) is 123 cm³/mol. The van der Waals surface area contributed by atoms with Gasteiger partial charge < -0.3 is 15.1 Å². The van der Waals surface area contributed by atoms with Crippen molar-refractivity contribution >= 4 is 29.1 Å². The van der Waals surface area contributed by atoms with Gasteiger partial charge in [0.15, 0.2) is 5.82 Å². The van der Waals surface area contributed by atoms with Crippen molar-refractivity contribution in [2.45, 2.75) is 32.1 Å². The molecule has 1 fully saturated rings. The van der Waals surface area contributed by atoms with Crippen molar-refractivity contribution in [1.82, 2.24) is 14.8 Å². The molecule has 2 aliphatic heterocycles. The van der Waals surface area contributed by atoms with Crippen molar-refractivity contribution in [3.05, 3.63) is 48.2 Å². The van der Waals surface area contributed by atoms with E-state index in [1.165, 1.54) is 12.8 Å². The molecule has 7 heteroatoms. The summed E-state index contributed by atoms with van der Waals surface area (Å²) in [7, 11) is 4.21. The first kappa shape index (κ1) is 21.3. The molecule has 1 aromatic carbocycles. The molecular formula is C24H31N5O2. The molecule has 0 radical (unpaired) electrons. The van der Waals surface area contributed by atoms with Crippen LogP contribution in [0.25, 0.3) is 0 Å². The van der Waals surface area contributed by atoms with Crippen molar-refractivity contribution in [3.8, 4) is 0 Å². The first-order valence-corrected chi connectivity index (χ1v) is 11.1. The van der Waals surface area contributed by atoms with Crippen molar-refractivity contribution in [3.63, 3.8) is 0 Å². The minimum absolute atomic E-state index is 0.109. The molecule has 3 heterocycles. The Bertz CT molecular complexity index is 945. The van der Waals surface area contributed by atoms with Crippen LogP contribution < -0.4 is 10.2 Å². The summed E-state index contributed by atoms with van der Waals surface area (Å²) in [5.74, 6) is 0.765. The Hall–Kier alpha value is -2.93. The van der Waals surface area contributed by atoms with Gasteiger partial charge in [-0.1, -0.05) is 18.6 Å². The van der Waals surface area contributed by atoms with Gasteiger partial charge in [0.25, 0.3) is 5.91 Å². The second-order valence-electron chi connectivity index (χ2n) is 8.72. The number of hydrogen-bond donors (Lipinski definition) is 1. The number of unbranched alkanes of at least 4 members (excludes halogenated alkanes) is 1. The highest BCUT2D eigenvalue weighted by atomic mass is 16.2. The average Bonchev–Trinajstić information content (AvgIpc) is 2.90. The number of aromatic nitrogens is 1. The monoisotopic (exact) mass is 421 g/mol. The maximum atomic E-state index is 13.8. The molecule has 2 aliphatic rings. The third-order valence-electron chi connectivity index (χ3n) is 6.08. The molecule has 7 nitrogen and oxygen atoms in total.